The van der Waals surface area contributed by atoms with Crippen molar-refractivity contribution in [1.82, 2.24) is 0 Å². The molecule has 98 valence electrons. The van der Waals surface area contributed by atoms with Gasteiger partial charge in [-0.05, 0) is 31.5 Å². The van der Waals surface area contributed by atoms with Crippen LogP contribution in [0.4, 0.5) is 0 Å². The van der Waals surface area contributed by atoms with Gasteiger partial charge in [0.25, 0.3) is 0 Å². The zero-order valence-corrected chi connectivity index (χ0v) is 11.2. The van der Waals surface area contributed by atoms with Crippen LogP contribution in [-0.2, 0) is 4.79 Å². The summed E-state index contributed by atoms with van der Waals surface area (Å²) in [4.78, 5) is 22.9. The molecule has 0 atom stereocenters. The van der Waals surface area contributed by atoms with Crippen LogP contribution in [0, 0.1) is 6.92 Å². The van der Waals surface area contributed by atoms with Crippen molar-refractivity contribution in [3.63, 3.8) is 0 Å². The van der Waals surface area contributed by atoms with Crippen molar-refractivity contribution in [1.29, 1.82) is 0 Å². The lowest BCUT2D eigenvalue weighted by Crippen LogP contribution is -2.05. The first-order chi connectivity index (χ1) is 8.49. The second-order valence-electron chi connectivity index (χ2n) is 4.15. The highest BCUT2D eigenvalue weighted by molar-refractivity contribution is 5.99. The molecular weight excluding hydrogens is 232 g/mol. The summed E-state index contributed by atoms with van der Waals surface area (Å²) in [5.41, 5.74) is 1.40. The molecule has 0 aromatic heterocycles. The molecule has 0 saturated heterocycles. The van der Waals surface area contributed by atoms with Crippen LogP contribution in [0.1, 0.15) is 35.7 Å². The van der Waals surface area contributed by atoms with E-state index in [2.05, 4.69) is 0 Å². The summed E-state index contributed by atoms with van der Waals surface area (Å²) in [7, 11) is 3.07. The van der Waals surface area contributed by atoms with Crippen molar-refractivity contribution in [2.24, 2.45) is 0 Å². The Labute approximate surface area is 107 Å². The Morgan fingerprint density at radius 3 is 2.11 bits per heavy atom. The molecule has 0 bridgehead atoms. The first-order valence-electron chi connectivity index (χ1n) is 5.74. The van der Waals surface area contributed by atoms with Gasteiger partial charge in [-0.15, -0.1) is 0 Å². The van der Waals surface area contributed by atoms with Gasteiger partial charge in [0.1, 0.15) is 5.78 Å². The van der Waals surface area contributed by atoms with Crippen molar-refractivity contribution in [3.8, 4) is 11.5 Å². The quantitative estimate of drug-likeness (QED) is 0.728. The molecule has 0 spiro atoms. The lowest BCUT2D eigenvalue weighted by Gasteiger charge is -2.11. The Morgan fingerprint density at radius 1 is 1.06 bits per heavy atom. The summed E-state index contributed by atoms with van der Waals surface area (Å²) in [6.07, 6.45) is 0.498. The topological polar surface area (TPSA) is 52.6 Å². The molecule has 1 aromatic rings. The maximum atomic E-state index is 12.0. The van der Waals surface area contributed by atoms with E-state index in [9.17, 15) is 9.59 Å². The number of methoxy groups -OCH3 is 2. The Kier molecular flexibility index (Phi) is 4.89. The molecule has 0 N–H and O–H groups in total. The fourth-order valence-electron chi connectivity index (χ4n) is 1.71. The Balaban J connectivity index is 3.01. The van der Waals surface area contributed by atoms with Crippen LogP contribution in [-0.4, -0.2) is 25.8 Å². The molecule has 18 heavy (non-hydrogen) atoms. The molecule has 0 aliphatic rings. The second kappa shape index (κ2) is 6.19. The molecule has 0 heterocycles. The fourth-order valence-corrected chi connectivity index (χ4v) is 1.71. The van der Waals surface area contributed by atoms with Gasteiger partial charge in [0, 0.05) is 18.4 Å². The van der Waals surface area contributed by atoms with E-state index < -0.39 is 0 Å². The number of carbonyl (C=O) groups is 2. The summed E-state index contributed by atoms with van der Waals surface area (Å²) < 4.78 is 10.3. The SMILES string of the molecule is COc1cc(C)c(C(=O)CCC(C)=O)cc1OC. The Morgan fingerprint density at radius 2 is 1.61 bits per heavy atom. The van der Waals surface area contributed by atoms with E-state index in [4.69, 9.17) is 9.47 Å². The van der Waals surface area contributed by atoms with E-state index >= 15 is 0 Å². The van der Waals surface area contributed by atoms with Gasteiger partial charge < -0.3 is 14.3 Å². The lowest BCUT2D eigenvalue weighted by molar-refractivity contribution is -0.116. The largest absolute Gasteiger partial charge is 0.493 e. The third-order valence-electron chi connectivity index (χ3n) is 2.74. The number of aryl methyl sites for hydroxylation is 1. The van der Waals surface area contributed by atoms with Gasteiger partial charge in [-0.1, -0.05) is 0 Å². The van der Waals surface area contributed by atoms with Gasteiger partial charge in [-0.2, -0.15) is 0 Å². The van der Waals surface area contributed by atoms with Gasteiger partial charge in [0.05, 0.1) is 14.2 Å². The molecule has 0 unspecified atom stereocenters. The normalized spacial score (nSPS) is 10.0. The maximum absolute atomic E-state index is 12.0. The average Bonchev–Trinajstić information content (AvgIpc) is 2.35. The molecule has 0 aliphatic heterocycles. The van der Waals surface area contributed by atoms with Crippen LogP contribution in [0.2, 0.25) is 0 Å². The molecule has 0 amide bonds. The minimum absolute atomic E-state index is 0.0153. The summed E-state index contributed by atoms with van der Waals surface area (Å²) in [6, 6.07) is 3.43. The van der Waals surface area contributed by atoms with E-state index in [1.54, 1.807) is 19.2 Å². The molecule has 4 heteroatoms. The van der Waals surface area contributed by atoms with Crippen LogP contribution in [0.25, 0.3) is 0 Å². The molecule has 1 aromatic carbocycles. The number of ether oxygens (including phenoxy) is 2. The third-order valence-corrected chi connectivity index (χ3v) is 2.74. The van der Waals surface area contributed by atoms with E-state index in [1.807, 2.05) is 6.92 Å². The number of ketones is 2. The van der Waals surface area contributed by atoms with Crippen LogP contribution in [0.3, 0.4) is 0 Å². The van der Waals surface area contributed by atoms with Gasteiger partial charge >= 0.3 is 0 Å². The third kappa shape index (κ3) is 3.32. The molecule has 4 nitrogen and oxygen atoms in total. The highest BCUT2D eigenvalue weighted by Gasteiger charge is 2.14. The zero-order valence-electron chi connectivity index (χ0n) is 11.2. The van der Waals surface area contributed by atoms with Crippen molar-refractivity contribution in [3.05, 3.63) is 23.3 Å². The van der Waals surface area contributed by atoms with Crippen molar-refractivity contribution in [2.45, 2.75) is 26.7 Å². The first-order valence-corrected chi connectivity index (χ1v) is 5.74. The molecule has 0 aliphatic carbocycles. The predicted octanol–water partition coefficient (Wildman–Crippen LogP) is 2.56. The minimum Gasteiger partial charge on any atom is -0.493 e. The van der Waals surface area contributed by atoms with E-state index in [-0.39, 0.29) is 24.4 Å². The fraction of sp³-hybridized carbons (Fsp3) is 0.429. The van der Waals surface area contributed by atoms with E-state index in [0.717, 1.165) is 5.56 Å². The average molecular weight is 250 g/mol. The Hall–Kier alpha value is -1.84. The molecule has 0 radical (unpaired) electrons. The molecule has 0 fully saturated rings. The predicted molar refractivity (Wildman–Crippen MR) is 68.5 cm³/mol. The minimum atomic E-state index is -0.0522. The second-order valence-corrected chi connectivity index (χ2v) is 4.15. The summed E-state index contributed by atoms with van der Waals surface area (Å²) in [5, 5.41) is 0. The van der Waals surface area contributed by atoms with Crippen molar-refractivity contribution < 1.29 is 19.1 Å². The number of hydrogen-bond acceptors (Lipinski definition) is 4. The molecule has 1 rings (SSSR count). The number of hydrogen-bond donors (Lipinski definition) is 0. The van der Waals surface area contributed by atoms with Gasteiger partial charge in [0.2, 0.25) is 0 Å². The smallest absolute Gasteiger partial charge is 0.163 e. The van der Waals surface area contributed by atoms with Crippen molar-refractivity contribution in [2.75, 3.05) is 14.2 Å². The lowest BCUT2D eigenvalue weighted by atomic mass is 10.00. The number of rotatable bonds is 6. The zero-order chi connectivity index (χ0) is 13.7. The monoisotopic (exact) mass is 250 g/mol. The highest BCUT2D eigenvalue weighted by atomic mass is 16.5. The van der Waals surface area contributed by atoms with Crippen LogP contribution >= 0.6 is 0 Å². The highest BCUT2D eigenvalue weighted by Crippen LogP contribution is 2.30. The standard InChI is InChI=1S/C14H18O4/c1-9-7-13(17-3)14(18-4)8-11(9)12(16)6-5-10(2)15/h7-8H,5-6H2,1-4H3. The number of benzene rings is 1. The van der Waals surface area contributed by atoms with Crippen molar-refractivity contribution >= 4 is 11.6 Å². The maximum Gasteiger partial charge on any atom is 0.163 e. The van der Waals surface area contributed by atoms with Gasteiger partial charge in [-0.3, -0.25) is 4.79 Å². The van der Waals surface area contributed by atoms with Crippen LogP contribution in [0.15, 0.2) is 12.1 Å². The number of Topliss-reactive ketones (excluding diaryl/α,β-unsaturated/α-hetero) is 2. The van der Waals surface area contributed by atoms with Crippen LogP contribution in [0.5, 0.6) is 11.5 Å². The molecular formula is C14H18O4. The molecule has 0 saturated carbocycles. The van der Waals surface area contributed by atoms with Crippen LogP contribution < -0.4 is 9.47 Å². The first kappa shape index (κ1) is 14.2. The van der Waals surface area contributed by atoms with Gasteiger partial charge in [-0.25, -0.2) is 0 Å². The number of carbonyl (C=O) groups excluding carboxylic acids is 2. The summed E-state index contributed by atoms with van der Waals surface area (Å²) in [5.74, 6) is 1.08. The Bertz CT molecular complexity index is 463. The van der Waals surface area contributed by atoms with E-state index in [0.29, 0.717) is 17.1 Å². The summed E-state index contributed by atoms with van der Waals surface area (Å²) >= 11 is 0. The van der Waals surface area contributed by atoms with E-state index in [1.165, 1.54) is 14.0 Å². The van der Waals surface area contributed by atoms with Gasteiger partial charge in [0.15, 0.2) is 17.3 Å². The summed E-state index contributed by atoms with van der Waals surface area (Å²) in [6.45, 7) is 3.32.